The molecule has 0 radical (unpaired) electrons. The lowest BCUT2D eigenvalue weighted by atomic mass is 10.0. The summed E-state index contributed by atoms with van der Waals surface area (Å²) < 4.78 is 0. The van der Waals surface area contributed by atoms with E-state index in [1.807, 2.05) is 6.92 Å². The number of primary amides is 1. The number of nitrogens with two attached hydrogens (primary N) is 1. The number of hydrogen-bond acceptors (Lipinski definition) is 4. The van der Waals surface area contributed by atoms with Gasteiger partial charge in [0.1, 0.15) is 0 Å². The van der Waals surface area contributed by atoms with E-state index in [-0.39, 0.29) is 24.4 Å². The van der Waals surface area contributed by atoms with Crippen molar-refractivity contribution >= 4 is 24.3 Å². The van der Waals surface area contributed by atoms with E-state index >= 15 is 0 Å². The van der Waals surface area contributed by atoms with Crippen LogP contribution < -0.4 is 16.4 Å². The first-order valence-electron chi connectivity index (χ1n) is 7.14. The van der Waals surface area contributed by atoms with E-state index in [0.29, 0.717) is 6.04 Å². The van der Waals surface area contributed by atoms with Crippen LogP contribution in [0.25, 0.3) is 0 Å². The van der Waals surface area contributed by atoms with Crippen molar-refractivity contribution in [1.82, 2.24) is 15.5 Å². The van der Waals surface area contributed by atoms with Crippen molar-refractivity contribution in [2.45, 2.75) is 44.7 Å². The summed E-state index contributed by atoms with van der Waals surface area (Å²) in [5.74, 6) is 0.593. The number of carbonyl (C=O) groups excluding carboxylic acids is 2. The highest BCUT2D eigenvalue weighted by Crippen LogP contribution is 2.28. The van der Waals surface area contributed by atoms with Crippen LogP contribution in [0.1, 0.15) is 32.6 Å². The maximum Gasteiger partial charge on any atom is 0.318 e. The summed E-state index contributed by atoms with van der Waals surface area (Å²) in [4.78, 5) is 24.5. The summed E-state index contributed by atoms with van der Waals surface area (Å²) in [6, 6.07) is -0.502. The Bertz CT molecular complexity index is 341. The minimum Gasteiger partial charge on any atom is -0.351 e. The summed E-state index contributed by atoms with van der Waals surface area (Å²) >= 11 is 0. The summed E-state index contributed by atoms with van der Waals surface area (Å²) in [7, 11) is 0. The van der Waals surface area contributed by atoms with E-state index in [0.717, 1.165) is 38.4 Å². The summed E-state index contributed by atoms with van der Waals surface area (Å²) in [5, 5.41) is 5.75. The molecular formula is C13H25ClN4O2. The van der Waals surface area contributed by atoms with E-state index in [2.05, 4.69) is 15.5 Å². The average molecular weight is 305 g/mol. The first-order valence-corrected chi connectivity index (χ1v) is 7.14. The van der Waals surface area contributed by atoms with Gasteiger partial charge in [-0.15, -0.1) is 12.4 Å². The fraction of sp³-hybridized carbons (Fsp3) is 0.846. The monoisotopic (exact) mass is 304 g/mol. The number of urea groups is 1. The maximum absolute atomic E-state index is 11.7. The Morgan fingerprint density at radius 2 is 1.85 bits per heavy atom. The first kappa shape index (κ1) is 17.2. The van der Waals surface area contributed by atoms with Crippen LogP contribution in [0.5, 0.6) is 0 Å². The van der Waals surface area contributed by atoms with Crippen LogP contribution in [0, 0.1) is 5.92 Å². The van der Waals surface area contributed by atoms with Crippen molar-refractivity contribution in [3.05, 3.63) is 0 Å². The third kappa shape index (κ3) is 5.26. The Balaban J connectivity index is 0.00000200. The standard InChI is InChI=1S/C13H24N4O2.ClH/c1-9(12(18)16-13(14)19)17-6-4-11(5-7-17)15-8-10-2-3-10;/h9-11,15H,2-8H2,1H3,(H3,14,16,18,19);1H. The molecule has 116 valence electrons. The summed E-state index contributed by atoms with van der Waals surface area (Å²) in [6.07, 6.45) is 4.86. The molecule has 6 nitrogen and oxygen atoms in total. The Labute approximate surface area is 126 Å². The fourth-order valence-corrected chi connectivity index (χ4v) is 2.54. The molecule has 0 spiro atoms. The number of rotatable bonds is 5. The lowest BCUT2D eigenvalue weighted by Crippen LogP contribution is -2.52. The molecule has 20 heavy (non-hydrogen) atoms. The predicted molar refractivity (Wildman–Crippen MR) is 79.8 cm³/mol. The van der Waals surface area contributed by atoms with Crippen LogP contribution in [0.15, 0.2) is 0 Å². The average Bonchev–Trinajstić information content (AvgIpc) is 3.19. The predicted octanol–water partition coefficient (Wildman–Crippen LogP) is 0.456. The fourth-order valence-electron chi connectivity index (χ4n) is 2.54. The number of likely N-dealkylation sites (tertiary alicyclic amines) is 1. The van der Waals surface area contributed by atoms with Gasteiger partial charge in [-0.2, -0.15) is 0 Å². The molecular weight excluding hydrogens is 280 g/mol. The van der Waals surface area contributed by atoms with Gasteiger partial charge in [-0.25, -0.2) is 4.79 Å². The van der Waals surface area contributed by atoms with Gasteiger partial charge in [-0.3, -0.25) is 15.0 Å². The normalized spacial score (nSPS) is 21.9. The number of carbonyl (C=O) groups is 2. The molecule has 0 aromatic carbocycles. The molecule has 1 atom stereocenters. The van der Waals surface area contributed by atoms with Gasteiger partial charge >= 0.3 is 6.03 Å². The summed E-state index contributed by atoms with van der Waals surface area (Å²) in [6.45, 7) is 4.73. The molecule has 7 heteroatoms. The highest BCUT2D eigenvalue weighted by Gasteiger charge is 2.28. The topological polar surface area (TPSA) is 87.5 Å². The molecule has 4 N–H and O–H groups in total. The molecule has 2 aliphatic rings. The second kappa shape index (κ2) is 7.81. The molecule has 0 aromatic rings. The highest BCUT2D eigenvalue weighted by atomic mass is 35.5. The van der Waals surface area contributed by atoms with Gasteiger partial charge in [-0.1, -0.05) is 0 Å². The van der Waals surface area contributed by atoms with Gasteiger partial charge in [0.2, 0.25) is 5.91 Å². The number of nitrogens with one attached hydrogen (secondary N) is 2. The van der Waals surface area contributed by atoms with Crippen molar-refractivity contribution in [2.24, 2.45) is 11.7 Å². The van der Waals surface area contributed by atoms with Crippen LogP contribution >= 0.6 is 12.4 Å². The van der Waals surface area contributed by atoms with Gasteiger partial charge in [0.25, 0.3) is 0 Å². The van der Waals surface area contributed by atoms with Crippen molar-refractivity contribution in [1.29, 1.82) is 0 Å². The minimum atomic E-state index is -0.780. The van der Waals surface area contributed by atoms with Gasteiger partial charge in [0.15, 0.2) is 0 Å². The number of halogens is 1. The quantitative estimate of drug-likeness (QED) is 0.688. The van der Waals surface area contributed by atoms with E-state index in [1.165, 1.54) is 12.8 Å². The Morgan fingerprint density at radius 1 is 1.25 bits per heavy atom. The molecule has 1 saturated heterocycles. The second-order valence-electron chi connectivity index (χ2n) is 5.69. The van der Waals surface area contributed by atoms with Crippen LogP contribution in [0.4, 0.5) is 4.79 Å². The number of nitrogens with zero attached hydrogens (tertiary/aromatic N) is 1. The van der Waals surface area contributed by atoms with Crippen molar-refractivity contribution in [2.75, 3.05) is 19.6 Å². The van der Waals surface area contributed by atoms with Gasteiger partial charge < -0.3 is 11.1 Å². The Hall–Kier alpha value is -0.850. The minimum absolute atomic E-state index is 0. The molecule has 2 rings (SSSR count). The van der Waals surface area contributed by atoms with Crippen molar-refractivity contribution in [3.8, 4) is 0 Å². The van der Waals surface area contributed by atoms with Crippen LogP contribution in [0.2, 0.25) is 0 Å². The number of imide groups is 1. The molecule has 1 aliphatic carbocycles. The lowest BCUT2D eigenvalue weighted by molar-refractivity contribution is -0.125. The summed E-state index contributed by atoms with van der Waals surface area (Å²) in [5.41, 5.74) is 4.96. The molecule has 0 aromatic heterocycles. The molecule has 1 aliphatic heterocycles. The highest BCUT2D eigenvalue weighted by molar-refractivity contribution is 5.96. The smallest absolute Gasteiger partial charge is 0.318 e. The van der Waals surface area contributed by atoms with Crippen LogP contribution in [0.3, 0.4) is 0 Å². The number of piperidine rings is 1. The molecule has 1 unspecified atom stereocenters. The van der Waals surface area contributed by atoms with Crippen molar-refractivity contribution < 1.29 is 9.59 Å². The first-order chi connectivity index (χ1) is 9.06. The molecule has 1 saturated carbocycles. The van der Waals surface area contributed by atoms with E-state index < -0.39 is 6.03 Å². The van der Waals surface area contributed by atoms with E-state index in [1.54, 1.807) is 0 Å². The molecule has 0 bridgehead atoms. The molecule has 2 fully saturated rings. The van der Waals surface area contributed by atoms with Crippen LogP contribution in [-0.4, -0.2) is 48.6 Å². The third-order valence-electron chi connectivity index (χ3n) is 4.10. The molecule has 1 heterocycles. The van der Waals surface area contributed by atoms with Gasteiger partial charge in [0, 0.05) is 19.1 Å². The maximum atomic E-state index is 11.7. The van der Waals surface area contributed by atoms with E-state index in [4.69, 9.17) is 5.73 Å². The zero-order valence-corrected chi connectivity index (χ0v) is 12.7. The molecule has 3 amide bonds. The van der Waals surface area contributed by atoms with E-state index in [9.17, 15) is 9.59 Å². The zero-order chi connectivity index (χ0) is 13.8. The third-order valence-corrected chi connectivity index (χ3v) is 4.10. The Kier molecular flexibility index (Phi) is 6.71. The lowest BCUT2D eigenvalue weighted by Gasteiger charge is -2.35. The Morgan fingerprint density at radius 3 is 2.35 bits per heavy atom. The van der Waals surface area contributed by atoms with Crippen molar-refractivity contribution in [3.63, 3.8) is 0 Å². The number of hydrogen-bond donors (Lipinski definition) is 3. The number of amides is 3. The largest absolute Gasteiger partial charge is 0.351 e. The second-order valence-corrected chi connectivity index (χ2v) is 5.69. The van der Waals surface area contributed by atoms with Crippen LogP contribution in [-0.2, 0) is 4.79 Å². The SMILES string of the molecule is CC(C(=O)NC(N)=O)N1CCC(NCC2CC2)CC1.Cl. The van der Waals surface area contributed by atoms with Gasteiger partial charge in [0.05, 0.1) is 6.04 Å². The van der Waals surface area contributed by atoms with Gasteiger partial charge in [-0.05, 0) is 45.1 Å². The zero-order valence-electron chi connectivity index (χ0n) is 11.9.